The zero-order valence-electron chi connectivity index (χ0n) is 11.0. The predicted molar refractivity (Wildman–Crippen MR) is 65.7 cm³/mol. The van der Waals surface area contributed by atoms with Crippen LogP contribution < -0.4 is 0 Å². The van der Waals surface area contributed by atoms with Crippen molar-refractivity contribution in [2.75, 3.05) is 6.54 Å². The van der Waals surface area contributed by atoms with Crippen molar-refractivity contribution < 1.29 is 14.7 Å². The Kier molecular flexibility index (Phi) is 4.17. The standard InChI is InChI=1S/C13H23NO3/c1-4-8-14(10-15)13(11(16)17)7-5-6-12(2,3)9-13/h10H,4-9H2,1-3H3,(H,16,17). The largest absolute Gasteiger partial charge is 0.479 e. The highest BCUT2D eigenvalue weighted by Gasteiger charge is 2.49. The van der Waals surface area contributed by atoms with Crippen LogP contribution in [-0.4, -0.2) is 34.5 Å². The number of nitrogens with zero attached hydrogens (tertiary/aromatic N) is 1. The lowest BCUT2D eigenvalue weighted by Gasteiger charge is -2.47. The van der Waals surface area contributed by atoms with E-state index < -0.39 is 11.5 Å². The molecule has 0 saturated heterocycles. The van der Waals surface area contributed by atoms with E-state index in [0.29, 0.717) is 25.8 Å². The van der Waals surface area contributed by atoms with E-state index in [1.807, 2.05) is 6.92 Å². The molecule has 0 aromatic carbocycles. The van der Waals surface area contributed by atoms with Gasteiger partial charge < -0.3 is 10.0 Å². The highest BCUT2D eigenvalue weighted by Crippen LogP contribution is 2.43. The van der Waals surface area contributed by atoms with Crippen molar-refractivity contribution in [1.29, 1.82) is 0 Å². The van der Waals surface area contributed by atoms with Crippen LogP contribution >= 0.6 is 0 Å². The summed E-state index contributed by atoms with van der Waals surface area (Å²) in [7, 11) is 0. The normalized spacial score (nSPS) is 27.5. The molecule has 0 aliphatic heterocycles. The molecule has 1 N–H and O–H groups in total. The third-order valence-corrected chi connectivity index (χ3v) is 3.75. The summed E-state index contributed by atoms with van der Waals surface area (Å²) in [5, 5.41) is 9.55. The maximum Gasteiger partial charge on any atom is 0.329 e. The summed E-state index contributed by atoms with van der Waals surface area (Å²) >= 11 is 0. The van der Waals surface area contributed by atoms with E-state index >= 15 is 0 Å². The van der Waals surface area contributed by atoms with Crippen LogP contribution in [0.1, 0.15) is 52.9 Å². The van der Waals surface area contributed by atoms with E-state index in [0.717, 1.165) is 19.3 Å². The Morgan fingerprint density at radius 1 is 1.41 bits per heavy atom. The Balaban J connectivity index is 3.03. The molecular weight excluding hydrogens is 218 g/mol. The monoisotopic (exact) mass is 241 g/mol. The van der Waals surface area contributed by atoms with Gasteiger partial charge in [0.25, 0.3) is 0 Å². The van der Waals surface area contributed by atoms with Gasteiger partial charge in [0.2, 0.25) is 6.41 Å². The summed E-state index contributed by atoms with van der Waals surface area (Å²) in [6.45, 7) is 6.64. The lowest BCUT2D eigenvalue weighted by molar-refractivity contribution is -0.160. The molecule has 1 unspecified atom stereocenters. The number of hydrogen-bond acceptors (Lipinski definition) is 2. The molecule has 4 nitrogen and oxygen atoms in total. The van der Waals surface area contributed by atoms with E-state index in [2.05, 4.69) is 13.8 Å². The Morgan fingerprint density at radius 2 is 2.06 bits per heavy atom. The highest BCUT2D eigenvalue weighted by molar-refractivity contribution is 5.81. The molecule has 4 heteroatoms. The summed E-state index contributed by atoms with van der Waals surface area (Å²) in [6.07, 6.45) is 4.51. The van der Waals surface area contributed by atoms with Gasteiger partial charge in [-0.25, -0.2) is 4.79 Å². The molecule has 0 radical (unpaired) electrons. The lowest BCUT2D eigenvalue weighted by Crippen LogP contribution is -2.58. The number of amides is 1. The van der Waals surface area contributed by atoms with Crippen LogP contribution in [0.25, 0.3) is 0 Å². The van der Waals surface area contributed by atoms with Crippen molar-refractivity contribution in [1.82, 2.24) is 4.90 Å². The number of aliphatic carboxylic acids is 1. The number of hydrogen-bond donors (Lipinski definition) is 1. The maximum absolute atomic E-state index is 11.6. The summed E-state index contributed by atoms with van der Waals surface area (Å²) in [6, 6.07) is 0. The van der Waals surface area contributed by atoms with Crippen LogP contribution in [0, 0.1) is 5.41 Å². The van der Waals surface area contributed by atoms with Gasteiger partial charge >= 0.3 is 5.97 Å². The first-order valence-electron chi connectivity index (χ1n) is 6.33. The number of rotatable bonds is 5. The van der Waals surface area contributed by atoms with Gasteiger partial charge in [0.15, 0.2) is 0 Å². The van der Waals surface area contributed by atoms with E-state index in [1.54, 1.807) is 0 Å². The van der Waals surface area contributed by atoms with Gasteiger partial charge in [0.1, 0.15) is 5.54 Å². The Labute approximate surface area is 103 Å². The van der Waals surface area contributed by atoms with Crippen molar-refractivity contribution in [3.63, 3.8) is 0 Å². The van der Waals surface area contributed by atoms with E-state index in [4.69, 9.17) is 0 Å². The van der Waals surface area contributed by atoms with Crippen LogP contribution in [-0.2, 0) is 9.59 Å². The van der Waals surface area contributed by atoms with Gasteiger partial charge in [-0.05, 0) is 37.5 Å². The van der Waals surface area contributed by atoms with Crippen molar-refractivity contribution in [3.8, 4) is 0 Å². The van der Waals surface area contributed by atoms with Crippen LogP contribution in [0.4, 0.5) is 0 Å². The summed E-state index contributed by atoms with van der Waals surface area (Å²) < 4.78 is 0. The summed E-state index contributed by atoms with van der Waals surface area (Å²) in [4.78, 5) is 24.3. The second-order valence-electron chi connectivity index (χ2n) is 5.83. The van der Waals surface area contributed by atoms with Crippen LogP contribution in [0.15, 0.2) is 0 Å². The van der Waals surface area contributed by atoms with Crippen molar-refractivity contribution in [2.24, 2.45) is 5.41 Å². The SMILES string of the molecule is CCCN(C=O)C1(C(=O)O)CCCC(C)(C)C1. The van der Waals surface area contributed by atoms with Gasteiger partial charge in [-0.1, -0.05) is 20.8 Å². The maximum atomic E-state index is 11.6. The van der Waals surface area contributed by atoms with Gasteiger partial charge in [0, 0.05) is 6.54 Å². The van der Waals surface area contributed by atoms with E-state index in [-0.39, 0.29) is 5.41 Å². The van der Waals surface area contributed by atoms with Crippen molar-refractivity contribution >= 4 is 12.4 Å². The molecular formula is C13H23NO3. The second kappa shape index (κ2) is 5.07. The third kappa shape index (κ3) is 2.79. The fourth-order valence-corrected chi connectivity index (χ4v) is 2.99. The highest BCUT2D eigenvalue weighted by atomic mass is 16.4. The van der Waals surface area contributed by atoms with Gasteiger partial charge in [-0.15, -0.1) is 0 Å². The van der Waals surface area contributed by atoms with Crippen molar-refractivity contribution in [3.05, 3.63) is 0 Å². The molecule has 0 heterocycles. The molecule has 1 rings (SSSR count). The molecule has 0 spiro atoms. The molecule has 0 aromatic rings. The minimum atomic E-state index is -0.987. The Morgan fingerprint density at radius 3 is 2.47 bits per heavy atom. The number of carbonyl (C=O) groups is 2. The Bertz CT molecular complexity index is 301. The summed E-state index contributed by atoms with van der Waals surface area (Å²) in [5.74, 6) is -0.856. The number of carboxylic acids is 1. The fraction of sp³-hybridized carbons (Fsp3) is 0.846. The third-order valence-electron chi connectivity index (χ3n) is 3.75. The average molecular weight is 241 g/mol. The zero-order valence-corrected chi connectivity index (χ0v) is 11.0. The second-order valence-corrected chi connectivity index (χ2v) is 5.83. The minimum absolute atomic E-state index is 0.00829. The molecule has 1 aliphatic rings. The van der Waals surface area contributed by atoms with E-state index in [1.165, 1.54) is 4.90 Å². The molecule has 0 bridgehead atoms. The van der Waals surface area contributed by atoms with Crippen LogP contribution in [0.2, 0.25) is 0 Å². The summed E-state index contributed by atoms with van der Waals surface area (Å²) in [5.41, 5.74) is -0.995. The zero-order chi connectivity index (χ0) is 13.1. The van der Waals surface area contributed by atoms with Gasteiger partial charge in [-0.2, -0.15) is 0 Å². The van der Waals surface area contributed by atoms with Gasteiger partial charge in [0.05, 0.1) is 0 Å². The first-order valence-corrected chi connectivity index (χ1v) is 6.33. The first-order chi connectivity index (χ1) is 7.88. The van der Waals surface area contributed by atoms with E-state index in [9.17, 15) is 14.7 Å². The van der Waals surface area contributed by atoms with Crippen LogP contribution in [0.3, 0.4) is 0 Å². The first kappa shape index (κ1) is 14.0. The topological polar surface area (TPSA) is 57.6 Å². The molecule has 17 heavy (non-hydrogen) atoms. The molecule has 1 saturated carbocycles. The van der Waals surface area contributed by atoms with Gasteiger partial charge in [-0.3, -0.25) is 4.79 Å². The quantitative estimate of drug-likeness (QED) is 0.751. The fourth-order valence-electron chi connectivity index (χ4n) is 2.99. The molecule has 98 valence electrons. The predicted octanol–water partition coefficient (Wildman–Crippen LogP) is 2.28. The molecule has 1 amide bonds. The minimum Gasteiger partial charge on any atom is -0.479 e. The number of carboxylic acid groups (broad SMARTS) is 1. The van der Waals surface area contributed by atoms with Crippen molar-refractivity contribution in [2.45, 2.75) is 58.4 Å². The molecule has 1 atom stereocenters. The molecule has 1 fully saturated rings. The average Bonchev–Trinajstić information content (AvgIpc) is 2.24. The molecule has 1 aliphatic carbocycles. The molecule has 0 aromatic heterocycles. The lowest BCUT2D eigenvalue weighted by atomic mass is 9.67. The Hall–Kier alpha value is -1.06. The smallest absolute Gasteiger partial charge is 0.329 e. The van der Waals surface area contributed by atoms with Crippen LogP contribution in [0.5, 0.6) is 0 Å². The number of carbonyl (C=O) groups excluding carboxylic acids is 1.